The van der Waals surface area contributed by atoms with Gasteiger partial charge in [-0.1, -0.05) is 6.07 Å². The van der Waals surface area contributed by atoms with E-state index in [1.165, 1.54) is 0 Å². The molecule has 1 aromatic rings. The zero-order chi connectivity index (χ0) is 11.8. The van der Waals surface area contributed by atoms with Gasteiger partial charge >= 0.3 is 0 Å². The smallest absolute Gasteiger partial charge is 0.224 e. The van der Waals surface area contributed by atoms with Crippen molar-refractivity contribution in [3.8, 4) is 0 Å². The van der Waals surface area contributed by atoms with Crippen LogP contribution in [-0.4, -0.2) is 25.8 Å². The summed E-state index contributed by atoms with van der Waals surface area (Å²) in [6, 6.07) is 7.88. The first kappa shape index (κ1) is 16.3. The van der Waals surface area contributed by atoms with E-state index in [1.807, 2.05) is 37.6 Å². The first-order valence-electron chi connectivity index (χ1n) is 5.34. The average molecular weight is 275 g/mol. The van der Waals surface area contributed by atoms with Gasteiger partial charge in [0.1, 0.15) is 0 Å². The van der Waals surface area contributed by atoms with Gasteiger partial charge in [-0.15, -0.1) is 24.2 Å². The number of hydrogen-bond acceptors (Lipinski definition) is 3. The summed E-state index contributed by atoms with van der Waals surface area (Å²) in [7, 11) is 1.89. The Morgan fingerprint density at radius 2 is 2.18 bits per heavy atom. The van der Waals surface area contributed by atoms with Gasteiger partial charge in [-0.25, -0.2) is 0 Å². The Labute approximate surface area is 113 Å². The summed E-state index contributed by atoms with van der Waals surface area (Å²) in [5, 5.41) is 5.92. The van der Waals surface area contributed by atoms with Crippen molar-refractivity contribution >= 4 is 35.8 Å². The van der Waals surface area contributed by atoms with Crippen molar-refractivity contribution < 1.29 is 4.79 Å². The molecule has 0 atom stereocenters. The van der Waals surface area contributed by atoms with Crippen LogP contribution in [0.3, 0.4) is 0 Å². The maximum absolute atomic E-state index is 11.5. The number of halogens is 1. The third-order valence-electron chi connectivity index (χ3n) is 2.18. The lowest BCUT2D eigenvalue weighted by Crippen LogP contribution is -2.15. The van der Waals surface area contributed by atoms with Crippen LogP contribution in [0.4, 0.5) is 5.69 Å². The molecule has 1 aromatic carbocycles. The van der Waals surface area contributed by atoms with E-state index in [0.717, 1.165) is 23.5 Å². The van der Waals surface area contributed by atoms with Gasteiger partial charge in [-0.2, -0.15) is 0 Å². The monoisotopic (exact) mass is 274 g/mol. The lowest BCUT2D eigenvalue weighted by molar-refractivity contribution is -0.116. The van der Waals surface area contributed by atoms with Gasteiger partial charge in [0.25, 0.3) is 0 Å². The Kier molecular flexibility index (Phi) is 8.94. The lowest BCUT2D eigenvalue weighted by Gasteiger charge is -2.06. The minimum Gasteiger partial charge on any atom is -0.326 e. The highest BCUT2D eigenvalue weighted by atomic mass is 35.5. The van der Waals surface area contributed by atoms with E-state index in [9.17, 15) is 4.79 Å². The molecular formula is C12H19ClN2OS. The number of thioether (sulfide) groups is 1. The van der Waals surface area contributed by atoms with Crippen molar-refractivity contribution in [2.75, 3.05) is 25.2 Å². The molecule has 0 bridgehead atoms. The van der Waals surface area contributed by atoms with Crippen LogP contribution >= 0.6 is 24.2 Å². The Morgan fingerprint density at radius 3 is 2.82 bits per heavy atom. The molecule has 0 spiro atoms. The van der Waals surface area contributed by atoms with Crippen LogP contribution in [0.15, 0.2) is 29.2 Å². The zero-order valence-corrected chi connectivity index (χ0v) is 11.8. The van der Waals surface area contributed by atoms with E-state index in [0.29, 0.717) is 6.42 Å². The molecule has 3 nitrogen and oxygen atoms in total. The van der Waals surface area contributed by atoms with E-state index < -0.39 is 0 Å². The highest BCUT2D eigenvalue weighted by Crippen LogP contribution is 2.18. The summed E-state index contributed by atoms with van der Waals surface area (Å²) in [6.07, 6.45) is 3.45. The molecule has 0 saturated heterocycles. The fourth-order valence-corrected chi connectivity index (χ4v) is 1.81. The molecule has 96 valence electrons. The van der Waals surface area contributed by atoms with Crippen molar-refractivity contribution in [3.63, 3.8) is 0 Å². The summed E-state index contributed by atoms with van der Waals surface area (Å²) in [6.45, 7) is 0.873. The van der Waals surface area contributed by atoms with Gasteiger partial charge in [0.15, 0.2) is 0 Å². The second-order valence-electron chi connectivity index (χ2n) is 3.49. The molecule has 0 fully saturated rings. The predicted octanol–water partition coefficient (Wildman–Crippen LogP) is 2.77. The molecule has 0 saturated carbocycles. The fraction of sp³-hybridized carbons (Fsp3) is 0.417. The van der Waals surface area contributed by atoms with E-state index in [2.05, 4.69) is 10.6 Å². The summed E-state index contributed by atoms with van der Waals surface area (Å²) >= 11 is 1.67. The SMILES string of the molecule is CNCCCC(=O)Nc1cccc(SC)c1.Cl. The molecule has 0 unspecified atom stereocenters. The molecule has 0 aliphatic rings. The van der Waals surface area contributed by atoms with Crippen LogP contribution in [0.25, 0.3) is 0 Å². The molecule has 2 N–H and O–H groups in total. The predicted molar refractivity (Wildman–Crippen MR) is 77.3 cm³/mol. The number of hydrogen-bond donors (Lipinski definition) is 2. The van der Waals surface area contributed by atoms with E-state index >= 15 is 0 Å². The first-order chi connectivity index (χ1) is 7.76. The quantitative estimate of drug-likeness (QED) is 0.619. The van der Waals surface area contributed by atoms with Crippen molar-refractivity contribution in [3.05, 3.63) is 24.3 Å². The van der Waals surface area contributed by atoms with Gasteiger partial charge in [0.05, 0.1) is 0 Å². The Bertz CT molecular complexity index is 347. The highest BCUT2D eigenvalue weighted by molar-refractivity contribution is 7.98. The first-order valence-corrected chi connectivity index (χ1v) is 6.57. The second kappa shape index (κ2) is 9.33. The van der Waals surface area contributed by atoms with Gasteiger partial charge in [0.2, 0.25) is 5.91 Å². The summed E-state index contributed by atoms with van der Waals surface area (Å²) < 4.78 is 0. The van der Waals surface area contributed by atoms with Crippen LogP contribution in [0.1, 0.15) is 12.8 Å². The number of benzene rings is 1. The Balaban J connectivity index is 0.00000256. The summed E-state index contributed by atoms with van der Waals surface area (Å²) in [5.74, 6) is 0.0773. The number of amides is 1. The summed E-state index contributed by atoms with van der Waals surface area (Å²) in [5.41, 5.74) is 0.876. The molecule has 1 amide bonds. The zero-order valence-electron chi connectivity index (χ0n) is 10.2. The number of rotatable bonds is 6. The second-order valence-corrected chi connectivity index (χ2v) is 4.37. The van der Waals surface area contributed by atoms with Crippen LogP contribution in [0, 0.1) is 0 Å². The molecule has 0 aliphatic carbocycles. The molecule has 17 heavy (non-hydrogen) atoms. The number of carbonyl (C=O) groups excluding carboxylic acids is 1. The maximum Gasteiger partial charge on any atom is 0.224 e. The Morgan fingerprint density at radius 1 is 1.41 bits per heavy atom. The van der Waals surface area contributed by atoms with Crippen molar-refractivity contribution in [2.45, 2.75) is 17.7 Å². The number of anilines is 1. The van der Waals surface area contributed by atoms with Crippen LogP contribution in [0.2, 0.25) is 0 Å². The van der Waals surface area contributed by atoms with Gasteiger partial charge in [-0.3, -0.25) is 4.79 Å². The maximum atomic E-state index is 11.5. The standard InChI is InChI=1S/C12H18N2OS.ClH/c1-13-8-4-7-12(15)14-10-5-3-6-11(9-10)16-2;/h3,5-6,9,13H,4,7-8H2,1-2H3,(H,14,15);1H. The van der Waals surface area contributed by atoms with Crippen LogP contribution in [0.5, 0.6) is 0 Å². The van der Waals surface area contributed by atoms with Crippen molar-refractivity contribution in [2.24, 2.45) is 0 Å². The largest absolute Gasteiger partial charge is 0.326 e. The third-order valence-corrected chi connectivity index (χ3v) is 2.91. The average Bonchev–Trinajstić information content (AvgIpc) is 2.29. The minimum absolute atomic E-state index is 0. The number of carbonyl (C=O) groups is 1. The third kappa shape index (κ3) is 6.56. The van der Waals surface area contributed by atoms with Crippen LogP contribution < -0.4 is 10.6 Å². The molecule has 0 aromatic heterocycles. The highest BCUT2D eigenvalue weighted by Gasteiger charge is 2.02. The van der Waals surface area contributed by atoms with Gasteiger partial charge in [0, 0.05) is 17.0 Å². The minimum atomic E-state index is 0. The van der Waals surface area contributed by atoms with E-state index in [4.69, 9.17) is 0 Å². The van der Waals surface area contributed by atoms with Crippen molar-refractivity contribution in [1.29, 1.82) is 0 Å². The van der Waals surface area contributed by atoms with Gasteiger partial charge < -0.3 is 10.6 Å². The van der Waals surface area contributed by atoms with Crippen molar-refractivity contribution in [1.82, 2.24) is 5.32 Å². The molecule has 1 rings (SSSR count). The Hall–Kier alpha value is -0.710. The summed E-state index contributed by atoms with van der Waals surface area (Å²) in [4.78, 5) is 12.7. The molecule has 0 radical (unpaired) electrons. The van der Waals surface area contributed by atoms with Gasteiger partial charge in [-0.05, 0) is 44.5 Å². The van der Waals surface area contributed by atoms with Crippen LogP contribution in [-0.2, 0) is 4.79 Å². The topological polar surface area (TPSA) is 41.1 Å². The van der Waals surface area contributed by atoms with E-state index in [1.54, 1.807) is 11.8 Å². The van der Waals surface area contributed by atoms with E-state index in [-0.39, 0.29) is 18.3 Å². The molecule has 0 aliphatic heterocycles. The fourth-order valence-electron chi connectivity index (χ4n) is 1.35. The normalized spacial score (nSPS) is 9.53. The molecule has 5 heteroatoms. The molecule has 0 heterocycles. The number of nitrogens with one attached hydrogen (secondary N) is 2. The lowest BCUT2D eigenvalue weighted by atomic mass is 10.2. The molecular weight excluding hydrogens is 256 g/mol.